The number of hydrogen-bond acceptors (Lipinski definition) is 3. The average molecular weight is 182 g/mol. The van der Waals surface area contributed by atoms with Gasteiger partial charge in [0.05, 0.1) is 11.1 Å². The van der Waals surface area contributed by atoms with Crippen LogP contribution in [0.1, 0.15) is 27.7 Å². The van der Waals surface area contributed by atoms with E-state index >= 15 is 0 Å². The highest BCUT2D eigenvalue weighted by molar-refractivity contribution is 6.12. The highest BCUT2D eigenvalue weighted by atomic mass is 16.6. The molecule has 1 heterocycles. The van der Waals surface area contributed by atoms with Gasteiger partial charge in [-0.2, -0.15) is 0 Å². The molecule has 72 valence electrons. The lowest BCUT2D eigenvalue weighted by molar-refractivity contribution is -0.151. The minimum absolute atomic E-state index is 0.0522. The van der Waals surface area contributed by atoms with Gasteiger partial charge in [0, 0.05) is 0 Å². The van der Waals surface area contributed by atoms with E-state index in [9.17, 15) is 9.59 Å². The standard InChI is InChI=1S/C10H14O3/c1-5(2)7-8(6(3)4)10(12)13-9(7)11/h5-6H,1-4H3. The van der Waals surface area contributed by atoms with Crippen LogP contribution in [0.15, 0.2) is 11.1 Å². The molecule has 3 nitrogen and oxygen atoms in total. The van der Waals surface area contributed by atoms with E-state index in [1.165, 1.54) is 0 Å². The fourth-order valence-electron chi connectivity index (χ4n) is 1.51. The van der Waals surface area contributed by atoms with Crippen LogP contribution in [0.2, 0.25) is 0 Å². The van der Waals surface area contributed by atoms with E-state index in [1.807, 2.05) is 27.7 Å². The van der Waals surface area contributed by atoms with Gasteiger partial charge in [0.25, 0.3) is 0 Å². The molecule has 0 saturated heterocycles. The lowest BCUT2D eigenvalue weighted by Gasteiger charge is -2.07. The summed E-state index contributed by atoms with van der Waals surface area (Å²) in [5, 5.41) is 0. The molecule has 0 amide bonds. The Morgan fingerprint density at radius 3 is 1.38 bits per heavy atom. The topological polar surface area (TPSA) is 43.4 Å². The van der Waals surface area contributed by atoms with Crippen molar-refractivity contribution in [2.24, 2.45) is 11.8 Å². The van der Waals surface area contributed by atoms with Crippen LogP contribution in [0.5, 0.6) is 0 Å². The zero-order chi connectivity index (χ0) is 10.2. The number of carbonyl (C=O) groups excluding carboxylic acids is 2. The summed E-state index contributed by atoms with van der Waals surface area (Å²) in [7, 11) is 0. The molecule has 0 aromatic carbocycles. The second-order valence-electron chi connectivity index (χ2n) is 3.81. The molecular formula is C10H14O3. The summed E-state index contributed by atoms with van der Waals surface area (Å²) in [6.45, 7) is 7.55. The second-order valence-corrected chi connectivity index (χ2v) is 3.81. The van der Waals surface area contributed by atoms with Gasteiger partial charge in [0.2, 0.25) is 0 Å². The Morgan fingerprint density at radius 2 is 1.15 bits per heavy atom. The van der Waals surface area contributed by atoms with E-state index in [-0.39, 0.29) is 11.8 Å². The maximum atomic E-state index is 11.2. The highest BCUT2D eigenvalue weighted by Gasteiger charge is 2.35. The molecule has 1 aliphatic heterocycles. The minimum Gasteiger partial charge on any atom is -0.386 e. The van der Waals surface area contributed by atoms with Crippen LogP contribution in [0, 0.1) is 11.8 Å². The molecular weight excluding hydrogens is 168 g/mol. The summed E-state index contributed by atoms with van der Waals surface area (Å²) in [5.74, 6) is -0.833. The molecule has 0 aliphatic carbocycles. The van der Waals surface area contributed by atoms with E-state index in [2.05, 4.69) is 4.74 Å². The molecule has 0 radical (unpaired) electrons. The highest BCUT2D eigenvalue weighted by Crippen LogP contribution is 2.28. The molecule has 0 N–H and O–H groups in total. The summed E-state index contributed by atoms with van der Waals surface area (Å²) in [6.07, 6.45) is 0. The van der Waals surface area contributed by atoms with Crippen LogP contribution in [-0.4, -0.2) is 11.9 Å². The SMILES string of the molecule is CC(C)C1=C(C(C)C)C(=O)OC1=O. The smallest absolute Gasteiger partial charge is 0.342 e. The third-order valence-electron chi connectivity index (χ3n) is 2.07. The minimum atomic E-state index is -0.469. The Morgan fingerprint density at radius 1 is 0.846 bits per heavy atom. The summed E-state index contributed by atoms with van der Waals surface area (Å²) >= 11 is 0. The molecule has 0 atom stereocenters. The van der Waals surface area contributed by atoms with Crippen molar-refractivity contribution < 1.29 is 14.3 Å². The normalized spacial score (nSPS) is 17.7. The molecule has 0 aromatic rings. The fraction of sp³-hybridized carbons (Fsp3) is 0.600. The molecule has 1 aliphatic rings. The lowest BCUT2D eigenvalue weighted by Crippen LogP contribution is -2.07. The fourth-order valence-corrected chi connectivity index (χ4v) is 1.51. The molecule has 0 saturated carbocycles. The number of esters is 2. The van der Waals surface area contributed by atoms with Crippen molar-refractivity contribution in [1.82, 2.24) is 0 Å². The largest absolute Gasteiger partial charge is 0.386 e. The maximum Gasteiger partial charge on any atom is 0.342 e. The first kappa shape index (κ1) is 9.96. The first-order valence-electron chi connectivity index (χ1n) is 4.45. The van der Waals surface area contributed by atoms with Gasteiger partial charge in [-0.15, -0.1) is 0 Å². The van der Waals surface area contributed by atoms with Gasteiger partial charge in [-0.3, -0.25) is 0 Å². The van der Waals surface area contributed by atoms with Crippen LogP contribution < -0.4 is 0 Å². The quantitative estimate of drug-likeness (QED) is 0.482. The molecule has 0 unspecified atom stereocenters. The van der Waals surface area contributed by atoms with Gasteiger partial charge in [0.15, 0.2) is 0 Å². The first-order valence-corrected chi connectivity index (χ1v) is 4.45. The van der Waals surface area contributed by atoms with Crippen LogP contribution in [-0.2, 0) is 14.3 Å². The van der Waals surface area contributed by atoms with Gasteiger partial charge in [-0.25, -0.2) is 9.59 Å². The average Bonchev–Trinajstić information content (AvgIpc) is 2.24. The number of carbonyl (C=O) groups is 2. The molecule has 1 rings (SSSR count). The van der Waals surface area contributed by atoms with E-state index < -0.39 is 11.9 Å². The number of ether oxygens (including phenoxy) is 1. The zero-order valence-electron chi connectivity index (χ0n) is 8.38. The van der Waals surface area contributed by atoms with E-state index in [1.54, 1.807) is 0 Å². The molecule has 0 spiro atoms. The van der Waals surface area contributed by atoms with Crippen molar-refractivity contribution in [3.05, 3.63) is 11.1 Å². The van der Waals surface area contributed by atoms with E-state index in [0.717, 1.165) is 0 Å². The number of cyclic esters (lactones) is 2. The van der Waals surface area contributed by atoms with Crippen molar-refractivity contribution in [2.45, 2.75) is 27.7 Å². The lowest BCUT2D eigenvalue weighted by atomic mass is 9.92. The van der Waals surface area contributed by atoms with Crippen LogP contribution in [0.25, 0.3) is 0 Å². The van der Waals surface area contributed by atoms with E-state index in [0.29, 0.717) is 11.1 Å². The Hall–Kier alpha value is -1.12. The summed E-state index contributed by atoms with van der Waals surface area (Å²) in [5.41, 5.74) is 1.08. The van der Waals surface area contributed by atoms with Crippen molar-refractivity contribution in [1.29, 1.82) is 0 Å². The molecule has 0 fully saturated rings. The predicted octanol–water partition coefficient (Wildman–Crippen LogP) is 1.68. The number of hydrogen-bond donors (Lipinski definition) is 0. The maximum absolute atomic E-state index is 11.2. The monoisotopic (exact) mass is 182 g/mol. The van der Waals surface area contributed by atoms with Gasteiger partial charge < -0.3 is 4.74 Å². The van der Waals surface area contributed by atoms with Crippen molar-refractivity contribution >= 4 is 11.9 Å². The van der Waals surface area contributed by atoms with Gasteiger partial charge >= 0.3 is 11.9 Å². The summed E-state index contributed by atoms with van der Waals surface area (Å²) in [6, 6.07) is 0. The summed E-state index contributed by atoms with van der Waals surface area (Å²) in [4.78, 5) is 22.5. The first-order chi connectivity index (χ1) is 5.95. The van der Waals surface area contributed by atoms with Crippen molar-refractivity contribution in [3.63, 3.8) is 0 Å². The molecule has 3 heteroatoms. The molecule has 0 bridgehead atoms. The Kier molecular flexibility index (Phi) is 2.55. The Labute approximate surface area is 77.8 Å². The predicted molar refractivity (Wildman–Crippen MR) is 47.8 cm³/mol. The van der Waals surface area contributed by atoms with E-state index in [4.69, 9.17) is 0 Å². The third-order valence-corrected chi connectivity index (χ3v) is 2.07. The number of rotatable bonds is 2. The van der Waals surface area contributed by atoms with Crippen LogP contribution >= 0.6 is 0 Å². The van der Waals surface area contributed by atoms with Crippen LogP contribution in [0.3, 0.4) is 0 Å². The molecule has 0 aromatic heterocycles. The second kappa shape index (κ2) is 3.32. The Bertz CT molecular complexity index is 257. The van der Waals surface area contributed by atoms with Gasteiger partial charge in [-0.1, -0.05) is 27.7 Å². The van der Waals surface area contributed by atoms with Crippen LogP contribution in [0.4, 0.5) is 0 Å². The van der Waals surface area contributed by atoms with Crippen molar-refractivity contribution in [3.8, 4) is 0 Å². The molecule has 13 heavy (non-hydrogen) atoms. The van der Waals surface area contributed by atoms with Gasteiger partial charge in [-0.05, 0) is 11.8 Å². The van der Waals surface area contributed by atoms with Crippen molar-refractivity contribution in [2.75, 3.05) is 0 Å². The Balaban J connectivity index is 3.18. The summed E-state index contributed by atoms with van der Waals surface area (Å²) < 4.78 is 4.56. The van der Waals surface area contributed by atoms with Gasteiger partial charge in [0.1, 0.15) is 0 Å². The third kappa shape index (κ3) is 1.64. The zero-order valence-corrected chi connectivity index (χ0v) is 8.38.